The lowest BCUT2D eigenvalue weighted by molar-refractivity contribution is -0.102. The minimum atomic E-state index is 0.296. The summed E-state index contributed by atoms with van der Waals surface area (Å²) >= 11 is 0. The molecule has 0 saturated heterocycles. The van der Waals surface area contributed by atoms with Crippen LogP contribution in [0.5, 0.6) is 0 Å². The highest BCUT2D eigenvalue weighted by molar-refractivity contribution is 7.35. The molecule has 94 valence electrons. The smallest absolute Gasteiger partial charge is 0.170 e. The third-order valence-electron chi connectivity index (χ3n) is 2.21. The van der Waals surface area contributed by atoms with Gasteiger partial charge in [-0.1, -0.05) is 37.4 Å². The van der Waals surface area contributed by atoms with Crippen molar-refractivity contribution >= 4 is 26.4 Å². The first kappa shape index (κ1) is 14.1. The standard InChI is InChI=1S/C13H16N3OP/c1-3-10(2)9-18-16-15-13(8-17)11-6-4-5-7-12(11)14/h3-8,16,18H,1-2,9,14H2/b15-13-. The lowest BCUT2D eigenvalue weighted by Gasteiger charge is -2.05. The summed E-state index contributed by atoms with van der Waals surface area (Å²) in [5.74, 6) is 0. The number of hydrogen-bond donors (Lipinski definition) is 2. The predicted molar refractivity (Wildman–Crippen MR) is 79.1 cm³/mol. The van der Waals surface area contributed by atoms with E-state index in [0.29, 0.717) is 32.0 Å². The van der Waals surface area contributed by atoms with E-state index in [4.69, 9.17) is 5.73 Å². The molecule has 4 nitrogen and oxygen atoms in total. The van der Waals surface area contributed by atoms with Gasteiger partial charge in [0.15, 0.2) is 6.29 Å². The number of benzene rings is 1. The molecule has 0 aliphatic rings. The maximum atomic E-state index is 11.0. The molecule has 0 saturated carbocycles. The molecule has 18 heavy (non-hydrogen) atoms. The fraction of sp³-hybridized carbons (Fsp3) is 0.0769. The van der Waals surface area contributed by atoms with E-state index in [2.05, 4.69) is 23.5 Å². The third-order valence-corrected chi connectivity index (χ3v) is 3.11. The Morgan fingerprint density at radius 2 is 2.22 bits per heavy atom. The van der Waals surface area contributed by atoms with Crippen molar-refractivity contribution in [3.8, 4) is 0 Å². The van der Waals surface area contributed by atoms with Crippen molar-refractivity contribution in [2.75, 3.05) is 11.9 Å². The van der Waals surface area contributed by atoms with Gasteiger partial charge in [-0.2, -0.15) is 5.10 Å². The Morgan fingerprint density at radius 3 is 2.83 bits per heavy atom. The Bertz CT molecular complexity index is 483. The van der Waals surface area contributed by atoms with E-state index in [1.54, 1.807) is 18.2 Å². The number of nitrogen functional groups attached to an aromatic ring is 1. The average Bonchev–Trinajstić information content (AvgIpc) is 2.40. The Kier molecular flexibility index (Phi) is 5.81. The Labute approximate surface area is 108 Å². The Morgan fingerprint density at radius 1 is 1.50 bits per heavy atom. The van der Waals surface area contributed by atoms with Crippen molar-refractivity contribution in [1.29, 1.82) is 0 Å². The number of nitrogens with zero attached hydrogens (tertiary/aromatic N) is 1. The summed E-state index contributed by atoms with van der Waals surface area (Å²) in [5, 5.41) is 6.88. The summed E-state index contributed by atoms with van der Waals surface area (Å²) < 4.78 is 0. The number of hydrogen-bond acceptors (Lipinski definition) is 4. The molecule has 0 aliphatic carbocycles. The largest absolute Gasteiger partial charge is 0.398 e. The van der Waals surface area contributed by atoms with Gasteiger partial charge in [-0.15, -0.1) is 0 Å². The first-order valence-electron chi connectivity index (χ1n) is 5.35. The second kappa shape index (κ2) is 7.41. The summed E-state index contributed by atoms with van der Waals surface area (Å²) in [6.07, 6.45) is 3.14. The van der Waals surface area contributed by atoms with Crippen LogP contribution in [0, 0.1) is 0 Å². The van der Waals surface area contributed by atoms with E-state index >= 15 is 0 Å². The van der Waals surface area contributed by atoms with Gasteiger partial charge >= 0.3 is 0 Å². The van der Waals surface area contributed by atoms with Crippen LogP contribution in [0.1, 0.15) is 5.56 Å². The number of carbonyl (C=O) groups is 1. The topological polar surface area (TPSA) is 67.5 Å². The number of rotatable bonds is 7. The first-order valence-corrected chi connectivity index (χ1v) is 6.55. The summed E-state index contributed by atoms with van der Waals surface area (Å²) in [7, 11) is 0.349. The highest BCUT2D eigenvalue weighted by Gasteiger charge is 2.05. The molecular formula is C13H16N3OP. The number of aldehydes is 1. The lowest BCUT2D eigenvalue weighted by atomic mass is 10.1. The van der Waals surface area contributed by atoms with Crippen molar-refractivity contribution in [2.45, 2.75) is 0 Å². The molecule has 1 unspecified atom stereocenters. The van der Waals surface area contributed by atoms with Crippen LogP contribution in [-0.2, 0) is 4.79 Å². The fourth-order valence-corrected chi connectivity index (χ4v) is 1.86. The van der Waals surface area contributed by atoms with Crippen LogP contribution in [-0.4, -0.2) is 18.2 Å². The zero-order valence-electron chi connectivity index (χ0n) is 10.0. The van der Waals surface area contributed by atoms with Crippen molar-refractivity contribution in [2.24, 2.45) is 5.10 Å². The molecular weight excluding hydrogens is 245 g/mol. The molecule has 1 rings (SSSR count). The van der Waals surface area contributed by atoms with Crippen LogP contribution in [0.4, 0.5) is 5.69 Å². The maximum absolute atomic E-state index is 11.0. The molecule has 3 N–H and O–H groups in total. The van der Waals surface area contributed by atoms with Crippen LogP contribution in [0.2, 0.25) is 0 Å². The van der Waals surface area contributed by atoms with Crippen molar-refractivity contribution < 1.29 is 4.79 Å². The van der Waals surface area contributed by atoms with Crippen LogP contribution < -0.4 is 10.9 Å². The number of nitrogens with one attached hydrogen (secondary N) is 1. The van der Waals surface area contributed by atoms with Crippen LogP contribution in [0.15, 0.2) is 54.2 Å². The molecule has 0 spiro atoms. The van der Waals surface area contributed by atoms with Gasteiger partial charge in [0.25, 0.3) is 0 Å². The summed E-state index contributed by atoms with van der Waals surface area (Å²) in [5.41, 5.74) is 8.17. The molecule has 0 radical (unpaired) electrons. The second-order valence-corrected chi connectivity index (χ2v) is 4.46. The maximum Gasteiger partial charge on any atom is 0.170 e. The lowest BCUT2D eigenvalue weighted by Crippen LogP contribution is -2.09. The van der Waals surface area contributed by atoms with Crippen LogP contribution >= 0.6 is 8.73 Å². The highest BCUT2D eigenvalue weighted by Crippen LogP contribution is 2.13. The molecule has 0 heterocycles. The first-order chi connectivity index (χ1) is 8.69. The van der Waals surface area contributed by atoms with E-state index in [1.807, 2.05) is 12.1 Å². The van der Waals surface area contributed by atoms with E-state index in [9.17, 15) is 4.79 Å². The summed E-state index contributed by atoms with van der Waals surface area (Å²) in [6, 6.07) is 7.11. The normalized spacial score (nSPS) is 11.4. The molecule has 0 amide bonds. The van der Waals surface area contributed by atoms with Gasteiger partial charge in [-0.25, -0.2) is 0 Å². The van der Waals surface area contributed by atoms with Crippen molar-refractivity contribution in [1.82, 2.24) is 5.20 Å². The summed E-state index contributed by atoms with van der Waals surface area (Å²) in [4.78, 5) is 11.0. The molecule has 0 aliphatic heterocycles. The van der Waals surface area contributed by atoms with Crippen molar-refractivity contribution in [3.63, 3.8) is 0 Å². The van der Waals surface area contributed by atoms with Crippen molar-refractivity contribution in [3.05, 3.63) is 54.6 Å². The fourth-order valence-electron chi connectivity index (χ4n) is 1.21. The number of para-hydroxylation sites is 1. The van der Waals surface area contributed by atoms with Gasteiger partial charge in [-0.3, -0.25) is 9.99 Å². The molecule has 0 fully saturated rings. The number of hydrazone groups is 1. The second-order valence-electron chi connectivity index (χ2n) is 3.53. The van der Waals surface area contributed by atoms with E-state index in [-0.39, 0.29) is 0 Å². The van der Waals surface area contributed by atoms with Gasteiger partial charge in [0.2, 0.25) is 0 Å². The Hall–Kier alpha value is -1.93. The zero-order valence-corrected chi connectivity index (χ0v) is 11.0. The molecule has 1 aromatic rings. The quantitative estimate of drug-likeness (QED) is 0.150. The van der Waals surface area contributed by atoms with Gasteiger partial charge in [0, 0.05) is 17.4 Å². The highest BCUT2D eigenvalue weighted by atomic mass is 31.1. The van der Waals surface area contributed by atoms with E-state index < -0.39 is 0 Å². The zero-order chi connectivity index (χ0) is 13.4. The van der Waals surface area contributed by atoms with E-state index in [1.165, 1.54) is 0 Å². The molecule has 5 heteroatoms. The number of nitrogens with two attached hydrogens (primary N) is 1. The third kappa shape index (κ3) is 4.15. The van der Waals surface area contributed by atoms with Gasteiger partial charge < -0.3 is 5.73 Å². The number of carbonyl (C=O) groups excluding carboxylic acids is 1. The van der Waals surface area contributed by atoms with Gasteiger partial charge in [0.05, 0.1) is 0 Å². The van der Waals surface area contributed by atoms with Gasteiger partial charge in [-0.05, 0) is 20.4 Å². The SMILES string of the molecule is C=CC(=C)CPN/N=C(/C=O)c1ccccc1N. The monoisotopic (exact) mass is 261 g/mol. The minimum Gasteiger partial charge on any atom is -0.398 e. The van der Waals surface area contributed by atoms with E-state index in [0.717, 1.165) is 11.7 Å². The Balaban J connectivity index is 2.67. The molecule has 0 aromatic heterocycles. The van der Waals surface area contributed by atoms with Crippen LogP contribution in [0.3, 0.4) is 0 Å². The number of anilines is 1. The molecule has 1 aromatic carbocycles. The average molecular weight is 261 g/mol. The van der Waals surface area contributed by atoms with Crippen LogP contribution in [0.25, 0.3) is 0 Å². The molecule has 1 atom stereocenters. The minimum absolute atomic E-state index is 0.296. The van der Waals surface area contributed by atoms with Gasteiger partial charge in [0.1, 0.15) is 5.71 Å². The predicted octanol–water partition coefficient (Wildman–Crippen LogP) is 2.10. The summed E-state index contributed by atoms with van der Waals surface area (Å²) in [6.45, 7) is 7.41. The number of allylic oxidation sites excluding steroid dienone is 2. The molecule has 0 bridgehead atoms.